The van der Waals surface area contributed by atoms with Gasteiger partial charge in [-0.25, -0.2) is 13.3 Å². The van der Waals surface area contributed by atoms with Crippen LogP contribution in [0.3, 0.4) is 0 Å². The lowest BCUT2D eigenvalue weighted by Gasteiger charge is -2.14. The zero-order valence-electron chi connectivity index (χ0n) is 22.0. The fraction of sp³-hybridized carbons (Fsp3) is 0.0667. The van der Waals surface area contributed by atoms with Crippen molar-refractivity contribution in [2.24, 2.45) is 0 Å². The molecule has 0 spiro atoms. The van der Waals surface area contributed by atoms with E-state index >= 15 is 4.39 Å². The number of ether oxygens (including phenoxy) is 1. The number of halogens is 2. The molecule has 0 saturated carbocycles. The first kappa shape index (κ1) is 27.0. The largest absolute Gasteiger partial charge is 0.434 e. The number of amides is 2. The van der Waals surface area contributed by atoms with E-state index in [0.717, 1.165) is 17.2 Å². The summed E-state index contributed by atoms with van der Waals surface area (Å²) in [5.41, 5.74) is 2.84. The Hall–Kier alpha value is -5.58. The molecule has 3 aromatic carbocycles. The molecule has 206 valence electrons. The molecule has 0 aliphatic rings. The van der Waals surface area contributed by atoms with E-state index in [0.29, 0.717) is 11.2 Å². The molecule has 41 heavy (non-hydrogen) atoms. The Balaban J connectivity index is 1.33. The van der Waals surface area contributed by atoms with Crippen LogP contribution in [0.5, 0.6) is 11.6 Å². The van der Waals surface area contributed by atoms with Gasteiger partial charge in [-0.1, -0.05) is 30.3 Å². The van der Waals surface area contributed by atoms with Gasteiger partial charge in [-0.3, -0.25) is 9.59 Å². The molecule has 0 aliphatic carbocycles. The predicted octanol–water partition coefficient (Wildman–Crippen LogP) is 5.54. The van der Waals surface area contributed by atoms with Gasteiger partial charge in [0.15, 0.2) is 11.6 Å². The minimum atomic E-state index is -0.774. The predicted molar refractivity (Wildman–Crippen MR) is 150 cm³/mol. The number of rotatable bonds is 8. The normalized spacial score (nSPS) is 11.5. The number of benzene rings is 3. The van der Waals surface area contributed by atoms with Crippen LogP contribution in [-0.2, 0) is 9.59 Å². The molecule has 0 fully saturated rings. The van der Waals surface area contributed by atoms with Gasteiger partial charge in [-0.2, -0.15) is 10.1 Å². The van der Waals surface area contributed by atoms with Gasteiger partial charge < -0.3 is 20.7 Å². The van der Waals surface area contributed by atoms with Gasteiger partial charge in [-0.15, -0.1) is 0 Å². The van der Waals surface area contributed by atoms with E-state index in [9.17, 15) is 14.0 Å². The molecule has 0 unspecified atom stereocenters. The molecule has 0 bridgehead atoms. The SMILES string of the molecule is CN/C(C)=C(\C(=O)Nc1ccc(F)cc1)C(=O)Nc1ccc(Oc2ncnn3cc(-c4ccccc4)cc23)c(F)c1. The third-order valence-electron chi connectivity index (χ3n) is 6.18. The van der Waals surface area contributed by atoms with Crippen molar-refractivity contribution in [2.45, 2.75) is 6.92 Å². The molecule has 2 aromatic heterocycles. The molecule has 0 radical (unpaired) electrons. The van der Waals surface area contributed by atoms with Crippen LogP contribution in [0.4, 0.5) is 20.2 Å². The number of carbonyl (C=O) groups excluding carboxylic acids is 2. The summed E-state index contributed by atoms with van der Waals surface area (Å²) in [4.78, 5) is 30.1. The number of aromatic nitrogens is 3. The Kier molecular flexibility index (Phi) is 7.68. The highest BCUT2D eigenvalue weighted by atomic mass is 19.1. The second-order valence-corrected chi connectivity index (χ2v) is 8.90. The third kappa shape index (κ3) is 6.04. The first-order chi connectivity index (χ1) is 19.8. The van der Waals surface area contributed by atoms with Gasteiger partial charge >= 0.3 is 0 Å². The van der Waals surface area contributed by atoms with Crippen LogP contribution in [-0.4, -0.2) is 33.5 Å². The highest BCUT2D eigenvalue weighted by Crippen LogP contribution is 2.31. The molecule has 5 rings (SSSR count). The summed E-state index contributed by atoms with van der Waals surface area (Å²) in [5, 5.41) is 12.1. The van der Waals surface area contributed by atoms with Crippen molar-refractivity contribution >= 4 is 28.7 Å². The quantitative estimate of drug-likeness (QED) is 0.132. The number of fused-ring (bicyclic) bond motifs is 1. The first-order valence-corrected chi connectivity index (χ1v) is 12.5. The lowest BCUT2D eigenvalue weighted by molar-refractivity contribution is -0.118. The van der Waals surface area contributed by atoms with Crippen LogP contribution in [0.2, 0.25) is 0 Å². The van der Waals surface area contributed by atoms with Crippen LogP contribution in [0.1, 0.15) is 6.92 Å². The number of nitrogens with zero attached hydrogens (tertiary/aromatic N) is 3. The molecule has 5 aromatic rings. The van der Waals surface area contributed by atoms with Crippen molar-refractivity contribution in [3.8, 4) is 22.8 Å². The molecule has 0 aliphatic heterocycles. The van der Waals surface area contributed by atoms with Gasteiger partial charge in [0.05, 0.1) is 0 Å². The first-order valence-electron chi connectivity index (χ1n) is 12.5. The highest BCUT2D eigenvalue weighted by Gasteiger charge is 2.22. The van der Waals surface area contributed by atoms with Gasteiger partial charge in [0.2, 0.25) is 5.88 Å². The number of nitrogens with one attached hydrogen (secondary N) is 3. The summed E-state index contributed by atoms with van der Waals surface area (Å²) in [6.07, 6.45) is 3.12. The van der Waals surface area contributed by atoms with E-state index < -0.39 is 23.4 Å². The Labute approximate surface area is 233 Å². The van der Waals surface area contributed by atoms with Crippen LogP contribution < -0.4 is 20.7 Å². The van der Waals surface area contributed by atoms with E-state index in [1.807, 2.05) is 42.6 Å². The van der Waals surface area contributed by atoms with Crippen LogP contribution in [0, 0.1) is 11.6 Å². The minimum absolute atomic E-state index is 0.0951. The monoisotopic (exact) mass is 554 g/mol. The van der Waals surface area contributed by atoms with Crippen molar-refractivity contribution in [3.05, 3.63) is 114 Å². The van der Waals surface area contributed by atoms with Gasteiger partial charge in [0.1, 0.15) is 23.2 Å². The number of carbonyl (C=O) groups is 2. The standard InChI is InChI=1S/C30H24F2N6O3/c1-18(33-2)27(28(39)36-22-10-8-21(31)9-11-22)29(40)37-23-12-13-26(24(32)15-23)41-30-25-14-20(16-38(25)35-17-34-30)19-6-4-3-5-7-19/h3-17,33H,1-2H3,(H,36,39)(H,37,40)/b27-18+. The fourth-order valence-corrected chi connectivity index (χ4v) is 4.03. The number of allylic oxidation sites excluding steroid dienone is 1. The van der Waals surface area contributed by atoms with Crippen molar-refractivity contribution in [3.63, 3.8) is 0 Å². The molecule has 9 nitrogen and oxygen atoms in total. The fourth-order valence-electron chi connectivity index (χ4n) is 4.03. The second kappa shape index (κ2) is 11.7. The molecule has 2 amide bonds. The second-order valence-electron chi connectivity index (χ2n) is 8.90. The van der Waals surface area contributed by atoms with Crippen LogP contribution in [0.15, 0.2) is 103 Å². The number of hydrogen-bond acceptors (Lipinski definition) is 6. The third-order valence-corrected chi connectivity index (χ3v) is 6.18. The van der Waals surface area contributed by atoms with Crippen molar-refractivity contribution < 1.29 is 23.1 Å². The van der Waals surface area contributed by atoms with Crippen molar-refractivity contribution in [1.82, 2.24) is 19.9 Å². The summed E-state index contributed by atoms with van der Waals surface area (Å²) in [6, 6.07) is 20.5. The molecular weight excluding hydrogens is 530 g/mol. The molecular formula is C30H24F2N6O3. The van der Waals surface area contributed by atoms with E-state index in [-0.39, 0.29) is 28.6 Å². The molecule has 3 N–H and O–H groups in total. The molecule has 0 atom stereocenters. The smallest absolute Gasteiger partial charge is 0.263 e. The van der Waals surface area contributed by atoms with Gasteiger partial charge in [0.25, 0.3) is 11.8 Å². The topological polar surface area (TPSA) is 110 Å². The zero-order chi connectivity index (χ0) is 28.9. The maximum Gasteiger partial charge on any atom is 0.263 e. The summed E-state index contributed by atoms with van der Waals surface area (Å²) in [5.74, 6) is -2.71. The molecule has 11 heteroatoms. The maximum absolute atomic E-state index is 15.1. The lowest BCUT2D eigenvalue weighted by atomic mass is 10.1. The Morgan fingerprint density at radius 2 is 1.54 bits per heavy atom. The zero-order valence-corrected chi connectivity index (χ0v) is 22.0. The van der Waals surface area contributed by atoms with Crippen molar-refractivity contribution in [2.75, 3.05) is 17.7 Å². The van der Waals surface area contributed by atoms with Gasteiger partial charge in [0, 0.05) is 41.9 Å². The van der Waals surface area contributed by atoms with Gasteiger partial charge in [-0.05, 0) is 55.0 Å². The van der Waals surface area contributed by atoms with E-state index in [2.05, 4.69) is 26.0 Å². The minimum Gasteiger partial charge on any atom is -0.434 e. The average Bonchev–Trinajstić information content (AvgIpc) is 3.42. The van der Waals surface area contributed by atoms with Crippen LogP contribution in [0.25, 0.3) is 16.6 Å². The number of hydrogen-bond donors (Lipinski definition) is 3. The summed E-state index contributed by atoms with van der Waals surface area (Å²) in [7, 11) is 1.55. The Morgan fingerprint density at radius 3 is 2.22 bits per heavy atom. The van der Waals surface area contributed by atoms with E-state index in [1.165, 1.54) is 42.7 Å². The van der Waals surface area contributed by atoms with Crippen LogP contribution >= 0.6 is 0 Å². The van der Waals surface area contributed by atoms with E-state index in [4.69, 9.17) is 4.74 Å². The molecule has 0 saturated heterocycles. The average molecular weight is 555 g/mol. The van der Waals surface area contributed by atoms with Crippen molar-refractivity contribution in [1.29, 1.82) is 0 Å². The Morgan fingerprint density at radius 1 is 0.854 bits per heavy atom. The van der Waals surface area contributed by atoms with E-state index in [1.54, 1.807) is 18.5 Å². The Bertz CT molecular complexity index is 1770. The maximum atomic E-state index is 15.1. The molecule has 2 heterocycles. The summed E-state index contributed by atoms with van der Waals surface area (Å²) >= 11 is 0. The lowest BCUT2D eigenvalue weighted by Crippen LogP contribution is -2.29. The summed E-state index contributed by atoms with van der Waals surface area (Å²) < 4.78 is 35.7. The number of anilines is 2. The summed E-state index contributed by atoms with van der Waals surface area (Å²) in [6.45, 7) is 1.55. The highest BCUT2D eigenvalue weighted by molar-refractivity contribution is 6.26.